The number of aliphatic hydroxyl groups excluding tert-OH is 1. The van der Waals surface area contributed by atoms with Gasteiger partial charge in [-0.05, 0) is 39.0 Å². The van der Waals surface area contributed by atoms with Crippen molar-refractivity contribution in [3.8, 4) is 0 Å². The highest BCUT2D eigenvalue weighted by molar-refractivity contribution is 14.0. The minimum atomic E-state index is -0.237. The van der Waals surface area contributed by atoms with Gasteiger partial charge in [-0.25, -0.2) is 0 Å². The monoisotopic (exact) mass is 483 g/mol. The predicted octanol–water partition coefficient (Wildman–Crippen LogP) is 2.69. The van der Waals surface area contributed by atoms with Gasteiger partial charge in [0.05, 0.1) is 25.4 Å². The molecule has 0 radical (unpaired) electrons. The molecule has 0 spiro atoms. The lowest BCUT2D eigenvalue weighted by Gasteiger charge is -2.37. The van der Waals surface area contributed by atoms with Crippen LogP contribution in [0, 0.1) is 5.41 Å². The molecule has 0 aromatic rings. The molecule has 1 saturated heterocycles. The predicted molar refractivity (Wildman–Crippen MR) is 116 cm³/mol. The molecule has 1 aliphatic carbocycles. The molecule has 26 heavy (non-hydrogen) atoms. The third-order valence-corrected chi connectivity index (χ3v) is 5.31. The molecule has 0 aromatic heterocycles. The van der Waals surface area contributed by atoms with Crippen LogP contribution in [-0.4, -0.2) is 62.7 Å². The third kappa shape index (κ3) is 8.27. The summed E-state index contributed by atoms with van der Waals surface area (Å²) >= 11 is 0. The number of aliphatic hydroxyl groups is 1. The number of guanidine groups is 1. The highest BCUT2D eigenvalue weighted by Gasteiger charge is 2.35. The van der Waals surface area contributed by atoms with Crippen molar-refractivity contribution in [3.05, 3.63) is 0 Å². The van der Waals surface area contributed by atoms with Crippen molar-refractivity contribution >= 4 is 29.9 Å². The number of nitrogens with one attached hydrogen (secondary N) is 2. The summed E-state index contributed by atoms with van der Waals surface area (Å²) in [6.07, 6.45) is 7.56. The highest BCUT2D eigenvalue weighted by atomic mass is 127. The molecule has 2 fully saturated rings. The Hall–Kier alpha value is -0.120. The molecular weight excluding hydrogens is 445 g/mol. The van der Waals surface area contributed by atoms with E-state index in [-0.39, 0.29) is 35.5 Å². The maximum atomic E-state index is 10.3. The van der Waals surface area contributed by atoms with Gasteiger partial charge in [-0.1, -0.05) is 19.8 Å². The normalized spacial score (nSPS) is 29.3. The Kier molecular flexibility index (Phi) is 12.1. The number of ether oxygens (including phenoxy) is 2. The molecule has 1 heterocycles. The second-order valence-corrected chi connectivity index (χ2v) is 7.60. The van der Waals surface area contributed by atoms with E-state index in [0.29, 0.717) is 19.3 Å². The topological polar surface area (TPSA) is 75.1 Å². The van der Waals surface area contributed by atoms with Gasteiger partial charge in [0.2, 0.25) is 0 Å². The number of rotatable bonds is 9. The van der Waals surface area contributed by atoms with Gasteiger partial charge in [0.1, 0.15) is 0 Å². The Balaban J connectivity index is 0.00000338. The number of aliphatic imine (C=N–C) groups is 1. The summed E-state index contributed by atoms with van der Waals surface area (Å²) in [4.78, 5) is 4.71. The van der Waals surface area contributed by atoms with Gasteiger partial charge < -0.3 is 25.2 Å². The first-order valence-electron chi connectivity index (χ1n) is 10.0. The molecule has 154 valence electrons. The Morgan fingerprint density at radius 1 is 1.27 bits per heavy atom. The maximum absolute atomic E-state index is 10.3. The summed E-state index contributed by atoms with van der Waals surface area (Å²) in [5.41, 5.74) is -0.0923. The first kappa shape index (κ1) is 23.9. The van der Waals surface area contributed by atoms with Crippen molar-refractivity contribution in [3.63, 3.8) is 0 Å². The molecule has 7 heteroatoms. The van der Waals surface area contributed by atoms with Crippen molar-refractivity contribution in [2.24, 2.45) is 10.4 Å². The van der Waals surface area contributed by atoms with Crippen LogP contribution >= 0.6 is 24.0 Å². The SMILES string of the molecule is CCNC(=NCC1(C)CCCCC1O)NCCCOCC1CCCO1.I. The lowest BCUT2D eigenvalue weighted by Crippen LogP contribution is -2.42. The number of nitrogens with zero attached hydrogens (tertiary/aromatic N) is 1. The summed E-state index contributed by atoms with van der Waals surface area (Å²) < 4.78 is 11.2. The standard InChI is InChI=1S/C19H37N3O3.HI/c1-3-20-18(22-15-19(2)10-5-4-9-17(19)23)21-11-7-12-24-14-16-8-6-13-25-16;/h16-17,23H,3-15H2,1-2H3,(H2,20,21,22);1H. The molecule has 0 aromatic carbocycles. The number of hydrogen-bond acceptors (Lipinski definition) is 4. The third-order valence-electron chi connectivity index (χ3n) is 5.31. The summed E-state index contributed by atoms with van der Waals surface area (Å²) in [6, 6.07) is 0. The minimum Gasteiger partial charge on any atom is -0.392 e. The Morgan fingerprint density at radius 2 is 2.12 bits per heavy atom. The van der Waals surface area contributed by atoms with E-state index in [1.807, 2.05) is 0 Å². The van der Waals surface area contributed by atoms with Gasteiger partial charge in [0.15, 0.2) is 5.96 Å². The summed E-state index contributed by atoms with van der Waals surface area (Å²) in [5, 5.41) is 17.0. The quantitative estimate of drug-likeness (QED) is 0.204. The van der Waals surface area contributed by atoms with Crippen LogP contribution in [0.1, 0.15) is 58.8 Å². The van der Waals surface area contributed by atoms with Crippen LogP contribution in [-0.2, 0) is 9.47 Å². The van der Waals surface area contributed by atoms with E-state index in [2.05, 4.69) is 24.5 Å². The molecule has 3 N–H and O–H groups in total. The van der Waals surface area contributed by atoms with Crippen LogP contribution in [0.4, 0.5) is 0 Å². The molecule has 1 saturated carbocycles. The van der Waals surface area contributed by atoms with Gasteiger partial charge in [-0.15, -0.1) is 24.0 Å². The van der Waals surface area contributed by atoms with Gasteiger partial charge in [-0.2, -0.15) is 0 Å². The molecule has 0 bridgehead atoms. The zero-order valence-corrected chi connectivity index (χ0v) is 18.8. The fraction of sp³-hybridized carbons (Fsp3) is 0.947. The van der Waals surface area contributed by atoms with Crippen molar-refractivity contribution in [2.75, 3.05) is 39.5 Å². The first-order valence-corrected chi connectivity index (χ1v) is 10.0. The fourth-order valence-electron chi connectivity index (χ4n) is 3.54. The van der Waals surface area contributed by atoms with E-state index in [1.54, 1.807) is 0 Å². The average molecular weight is 483 g/mol. The lowest BCUT2D eigenvalue weighted by molar-refractivity contribution is 0.00715. The van der Waals surface area contributed by atoms with Crippen molar-refractivity contribution < 1.29 is 14.6 Å². The zero-order chi connectivity index (χ0) is 18.0. The van der Waals surface area contributed by atoms with E-state index in [1.165, 1.54) is 6.42 Å². The van der Waals surface area contributed by atoms with Crippen molar-refractivity contribution in [1.82, 2.24) is 10.6 Å². The Morgan fingerprint density at radius 3 is 2.81 bits per heavy atom. The first-order chi connectivity index (χ1) is 12.1. The van der Waals surface area contributed by atoms with Crippen LogP contribution in [0.25, 0.3) is 0 Å². The molecule has 0 amide bonds. The minimum absolute atomic E-state index is 0. The van der Waals surface area contributed by atoms with Crippen LogP contribution < -0.4 is 10.6 Å². The molecule has 3 unspecified atom stereocenters. The van der Waals surface area contributed by atoms with Gasteiger partial charge >= 0.3 is 0 Å². The maximum Gasteiger partial charge on any atom is 0.191 e. The number of hydrogen-bond donors (Lipinski definition) is 3. The van der Waals surface area contributed by atoms with Crippen LogP contribution in [0.15, 0.2) is 4.99 Å². The second-order valence-electron chi connectivity index (χ2n) is 7.60. The second kappa shape index (κ2) is 13.1. The number of halogens is 1. The van der Waals surface area contributed by atoms with Gasteiger partial charge in [0.25, 0.3) is 0 Å². The van der Waals surface area contributed by atoms with Crippen LogP contribution in [0.2, 0.25) is 0 Å². The van der Waals surface area contributed by atoms with E-state index >= 15 is 0 Å². The van der Waals surface area contributed by atoms with Gasteiger partial charge in [-0.3, -0.25) is 4.99 Å². The van der Waals surface area contributed by atoms with E-state index in [0.717, 1.165) is 70.8 Å². The Labute approximate surface area is 175 Å². The molecular formula is C19H38IN3O3. The fourth-order valence-corrected chi connectivity index (χ4v) is 3.54. The molecule has 1 aliphatic heterocycles. The van der Waals surface area contributed by atoms with Crippen molar-refractivity contribution in [2.45, 2.75) is 71.0 Å². The summed E-state index contributed by atoms with van der Waals surface area (Å²) in [7, 11) is 0. The van der Waals surface area contributed by atoms with Crippen molar-refractivity contribution in [1.29, 1.82) is 0 Å². The summed E-state index contributed by atoms with van der Waals surface area (Å²) in [5.74, 6) is 0.834. The lowest BCUT2D eigenvalue weighted by atomic mass is 9.73. The van der Waals surface area contributed by atoms with Crippen LogP contribution in [0.3, 0.4) is 0 Å². The van der Waals surface area contributed by atoms with Crippen LogP contribution in [0.5, 0.6) is 0 Å². The molecule has 2 aliphatic rings. The van der Waals surface area contributed by atoms with E-state index in [4.69, 9.17) is 14.5 Å². The largest absolute Gasteiger partial charge is 0.392 e. The Bertz CT molecular complexity index is 405. The zero-order valence-electron chi connectivity index (χ0n) is 16.5. The smallest absolute Gasteiger partial charge is 0.191 e. The van der Waals surface area contributed by atoms with E-state index < -0.39 is 0 Å². The van der Waals surface area contributed by atoms with E-state index in [9.17, 15) is 5.11 Å². The molecule has 3 atom stereocenters. The molecule has 6 nitrogen and oxygen atoms in total. The molecule has 2 rings (SSSR count). The average Bonchev–Trinajstić information content (AvgIpc) is 3.12. The highest BCUT2D eigenvalue weighted by Crippen LogP contribution is 2.36. The summed E-state index contributed by atoms with van der Waals surface area (Å²) in [6.45, 7) is 8.89. The van der Waals surface area contributed by atoms with Gasteiger partial charge in [0, 0.05) is 31.7 Å².